The SMILES string of the molecule is CN1CCC(C2CNCCC2C(=O)O)CC1. The largest absolute Gasteiger partial charge is 0.481 e. The first-order valence-corrected chi connectivity index (χ1v) is 6.30. The van der Waals surface area contributed by atoms with Gasteiger partial charge in [0.1, 0.15) is 0 Å². The highest BCUT2D eigenvalue weighted by molar-refractivity contribution is 5.70. The van der Waals surface area contributed by atoms with E-state index in [-0.39, 0.29) is 5.92 Å². The van der Waals surface area contributed by atoms with Gasteiger partial charge in [0.2, 0.25) is 0 Å². The molecule has 16 heavy (non-hydrogen) atoms. The maximum atomic E-state index is 11.2. The van der Waals surface area contributed by atoms with Gasteiger partial charge in [-0.3, -0.25) is 4.79 Å². The number of nitrogens with one attached hydrogen (secondary N) is 1. The second-order valence-corrected chi connectivity index (χ2v) is 5.24. The normalized spacial score (nSPS) is 33.8. The van der Waals surface area contributed by atoms with E-state index < -0.39 is 5.97 Å². The molecule has 0 aromatic heterocycles. The molecule has 0 saturated carbocycles. The van der Waals surface area contributed by atoms with Gasteiger partial charge in [0, 0.05) is 0 Å². The quantitative estimate of drug-likeness (QED) is 0.725. The number of likely N-dealkylation sites (tertiary alicyclic amines) is 1. The lowest BCUT2D eigenvalue weighted by molar-refractivity contribution is -0.145. The van der Waals surface area contributed by atoms with E-state index >= 15 is 0 Å². The molecular formula is C12H22N2O2. The molecule has 2 aliphatic heterocycles. The van der Waals surface area contributed by atoms with Gasteiger partial charge < -0.3 is 15.3 Å². The van der Waals surface area contributed by atoms with Crippen LogP contribution in [0, 0.1) is 17.8 Å². The Labute approximate surface area is 97.0 Å². The molecule has 2 aliphatic rings. The lowest BCUT2D eigenvalue weighted by atomic mass is 9.74. The summed E-state index contributed by atoms with van der Waals surface area (Å²) in [7, 11) is 2.14. The van der Waals surface area contributed by atoms with Crippen LogP contribution >= 0.6 is 0 Å². The van der Waals surface area contributed by atoms with Crippen molar-refractivity contribution in [2.75, 3.05) is 33.2 Å². The minimum absolute atomic E-state index is 0.116. The number of hydrogen-bond acceptors (Lipinski definition) is 3. The summed E-state index contributed by atoms with van der Waals surface area (Å²) in [6, 6.07) is 0. The van der Waals surface area contributed by atoms with E-state index in [1.165, 1.54) is 0 Å². The van der Waals surface area contributed by atoms with Crippen LogP contribution < -0.4 is 5.32 Å². The summed E-state index contributed by atoms with van der Waals surface area (Å²) < 4.78 is 0. The molecule has 0 aromatic carbocycles. The van der Waals surface area contributed by atoms with Gasteiger partial charge in [0.15, 0.2) is 0 Å². The average molecular weight is 226 g/mol. The van der Waals surface area contributed by atoms with Crippen LogP contribution in [0.5, 0.6) is 0 Å². The van der Waals surface area contributed by atoms with Crippen molar-refractivity contribution in [3.05, 3.63) is 0 Å². The molecule has 2 N–H and O–H groups in total. The van der Waals surface area contributed by atoms with Crippen molar-refractivity contribution >= 4 is 5.97 Å². The zero-order valence-electron chi connectivity index (χ0n) is 9.98. The van der Waals surface area contributed by atoms with E-state index in [9.17, 15) is 9.90 Å². The van der Waals surface area contributed by atoms with Gasteiger partial charge in [-0.25, -0.2) is 0 Å². The molecular weight excluding hydrogens is 204 g/mol. The number of carboxylic acids is 1. The average Bonchev–Trinajstić information content (AvgIpc) is 2.30. The highest BCUT2D eigenvalue weighted by Crippen LogP contribution is 2.33. The van der Waals surface area contributed by atoms with Gasteiger partial charge in [-0.05, 0) is 64.3 Å². The predicted octanol–water partition coefficient (Wildman–Crippen LogP) is 0.639. The Morgan fingerprint density at radius 2 is 2.00 bits per heavy atom. The first-order chi connectivity index (χ1) is 7.68. The third-order valence-electron chi connectivity index (χ3n) is 4.21. The molecule has 4 nitrogen and oxygen atoms in total. The summed E-state index contributed by atoms with van der Waals surface area (Å²) in [4.78, 5) is 13.6. The van der Waals surface area contributed by atoms with E-state index in [4.69, 9.17) is 0 Å². The first-order valence-electron chi connectivity index (χ1n) is 6.30. The molecule has 92 valence electrons. The number of carboxylic acid groups (broad SMARTS) is 1. The maximum Gasteiger partial charge on any atom is 0.306 e. The lowest BCUT2D eigenvalue weighted by Gasteiger charge is -2.39. The zero-order chi connectivity index (χ0) is 11.5. The van der Waals surface area contributed by atoms with Crippen molar-refractivity contribution in [1.29, 1.82) is 0 Å². The summed E-state index contributed by atoms with van der Waals surface area (Å²) in [5.74, 6) is 0.241. The molecule has 2 unspecified atom stereocenters. The van der Waals surface area contributed by atoms with Crippen molar-refractivity contribution in [2.24, 2.45) is 17.8 Å². The van der Waals surface area contributed by atoms with Crippen molar-refractivity contribution in [3.8, 4) is 0 Å². The van der Waals surface area contributed by atoms with Gasteiger partial charge >= 0.3 is 5.97 Å². The van der Waals surface area contributed by atoms with Crippen molar-refractivity contribution in [1.82, 2.24) is 10.2 Å². The number of rotatable bonds is 2. The third kappa shape index (κ3) is 2.55. The Balaban J connectivity index is 1.97. The fourth-order valence-corrected chi connectivity index (χ4v) is 3.14. The first kappa shape index (κ1) is 11.9. The van der Waals surface area contributed by atoms with E-state index in [0.717, 1.165) is 45.4 Å². The Kier molecular flexibility index (Phi) is 3.82. The van der Waals surface area contributed by atoms with Crippen LogP contribution in [-0.4, -0.2) is 49.2 Å². The molecule has 4 heteroatoms. The Hall–Kier alpha value is -0.610. The number of nitrogens with zero attached hydrogens (tertiary/aromatic N) is 1. The van der Waals surface area contributed by atoms with E-state index in [1.807, 2.05) is 0 Å². The van der Waals surface area contributed by atoms with Crippen molar-refractivity contribution < 1.29 is 9.90 Å². The van der Waals surface area contributed by atoms with Gasteiger partial charge in [-0.2, -0.15) is 0 Å². The summed E-state index contributed by atoms with van der Waals surface area (Å²) in [5.41, 5.74) is 0. The van der Waals surface area contributed by atoms with Crippen LogP contribution in [0.2, 0.25) is 0 Å². The second kappa shape index (κ2) is 5.15. The van der Waals surface area contributed by atoms with Crippen LogP contribution in [0.25, 0.3) is 0 Å². The second-order valence-electron chi connectivity index (χ2n) is 5.24. The minimum Gasteiger partial charge on any atom is -0.481 e. The molecule has 0 aromatic rings. The summed E-state index contributed by atoms with van der Waals surface area (Å²) in [5, 5.41) is 12.6. The van der Waals surface area contributed by atoms with Crippen LogP contribution in [-0.2, 0) is 4.79 Å². The molecule has 2 fully saturated rings. The Bertz CT molecular complexity index is 249. The van der Waals surface area contributed by atoms with E-state index in [0.29, 0.717) is 11.8 Å². The fraction of sp³-hybridized carbons (Fsp3) is 0.917. The van der Waals surface area contributed by atoms with E-state index in [2.05, 4.69) is 17.3 Å². The number of carbonyl (C=O) groups is 1. The fourth-order valence-electron chi connectivity index (χ4n) is 3.14. The molecule has 0 amide bonds. The topological polar surface area (TPSA) is 52.6 Å². The van der Waals surface area contributed by atoms with Gasteiger partial charge in [-0.1, -0.05) is 0 Å². The third-order valence-corrected chi connectivity index (χ3v) is 4.21. The number of aliphatic carboxylic acids is 1. The highest BCUT2D eigenvalue weighted by Gasteiger charge is 2.36. The molecule has 0 bridgehead atoms. The maximum absolute atomic E-state index is 11.2. The van der Waals surface area contributed by atoms with Crippen molar-refractivity contribution in [3.63, 3.8) is 0 Å². The summed E-state index contributed by atoms with van der Waals surface area (Å²) >= 11 is 0. The molecule has 0 aliphatic carbocycles. The van der Waals surface area contributed by atoms with Crippen LogP contribution in [0.15, 0.2) is 0 Å². The predicted molar refractivity (Wildman–Crippen MR) is 62.3 cm³/mol. The molecule has 2 heterocycles. The molecule has 2 rings (SSSR count). The monoisotopic (exact) mass is 226 g/mol. The Morgan fingerprint density at radius 1 is 1.31 bits per heavy atom. The molecule has 0 radical (unpaired) electrons. The number of piperidine rings is 2. The van der Waals surface area contributed by atoms with Crippen LogP contribution in [0.4, 0.5) is 0 Å². The summed E-state index contributed by atoms with van der Waals surface area (Å²) in [6.45, 7) is 3.99. The molecule has 2 atom stereocenters. The zero-order valence-corrected chi connectivity index (χ0v) is 9.98. The summed E-state index contributed by atoms with van der Waals surface area (Å²) in [6.07, 6.45) is 3.12. The van der Waals surface area contributed by atoms with Crippen LogP contribution in [0.1, 0.15) is 19.3 Å². The van der Waals surface area contributed by atoms with Gasteiger partial charge in [0.25, 0.3) is 0 Å². The molecule has 0 spiro atoms. The van der Waals surface area contributed by atoms with Gasteiger partial charge in [0.05, 0.1) is 5.92 Å². The van der Waals surface area contributed by atoms with Crippen molar-refractivity contribution in [2.45, 2.75) is 19.3 Å². The van der Waals surface area contributed by atoms with Crippen LogP contribution in [0.3, 0.4) is 0 Å². The van der Waals surface area contributed by atoms with E-state index in [1.54, 1.807) is 0 Å². The molecule has 2 saturated heterocycles. The number of hydrogen-bond donors (Lipinski definition) is 2. The minimum atomic E-state index is -0.592. The Morgan fingerprint density at radius 3 is 2.62 bits per heavy atom. The van der Waals surface area contributed by atoms with Gasteiger partial charge in [-0.15, -0.1) is 0 Å². The lowest BCUT2D eigenvalue weighted by Crippen LogP contribution is -2.46. The highest BCUT2D eigenvalue weighted by atomic mass is 16.4. The standard InChI is InChI=1S/C12H22N2O2/c1-14-6-3-9(4-7-14)11-8-13-5-2-10(11)12(15)16/h9-11,13H,2-8H2,1H3,(H,15,16). The smallest absolute Gasteiger partial charge is 0.306 e.